The van der Waals surface area contributed by atoms with Gasteiger partial charge in [-0.2, -0.15) is 34.8 Å². The van der Waals surface area contributed by atoms with Gasteiger partial charge in [-0.15, -0.1) is 0 Å². The molecule has 3 atom stereocenters. The summed E-state index contributed by atoms with van der Waals surface area (Å²) >= 11 is 0. The van der Waals surface area contributed by atoms with Gasteiger partial charge in [-0.05, 0) is 54.5 Å². The zero-order valence-corrected chi connectivity index (χ0v) is 20.1. The van der Waals surface area contributed by atoms with Crippen molar-refractivity contribution in [2.75, 3.05) is 26.1 Å². The highest BCUT2D eigenvalue weighted by molar-refractivity contribution is 7.85. The first-order valence-corrected chi connectivity index (χ1v) is 13.0. The minimum atomic E-state index is -4.93. The number of ether oxygens (including phenoxy) is 2. The Balaban J connectivity index is 1.75. The second kappa shape index (κ2) is 11.5. The topological polar surface area (TPSA) is 61.8 Å². The van der Waals surface area contributed by atoms with Crippen LogP contribution in [-0.2, 0) is 42.5 Å². The molecule has 0 aromatic heterocycles. The largest absolute Gasteiger partial charge is 0.416 e. The predicted octanol–water partition coefficient (Wildman–Crippen LogP) is 5.80. The van der Waals surface area contributed by atoms with Crippen LogP contribution in [0.15, 0.2) is 48.5 Å². The summed E-state index contributed by atoms with van der Waals surface area (Å²) in [6.07, 6.45) is -8.94. The fourth-order valence-electron chi connectivity index (χ4n) is 4.23. The zero-order valence-electron chi connectivity index (χ0n) is 19.3. The molecule has 200 valence electrons. The molecule has 0 radical (unpaired) electrons. The minimum absolute atomic E-state index is 0.0377. The lowest BCUT2D eigenvalue weighted by Crippen LogP contribution is -2.37. The molecule has 0 amide bonds. The Labute approximate surface area is 205 Å². The molecule has 0 spiro atoms. The van der Waals surface area contributed by atoms with Crippen molar-refractivity contribution >= 4 is 10.1 Å². The van der Waals surface area contributed by atoms with Gasteiger partial charge >= 0.3 is 12.4 Å². The molecule has 2 aromatic rings. The first-order chi connectivity index (χ1) is 16.7. The van der Waals surface area contributed by atoms with Crippen molar-refractivity contribution in [2.45, 2.75) is 43.8 Å². The van der Waals surface area contributed by atoms with E-state index in [-0.39, 0.29) is 43.1 Å². The molecule has 0 bridgehead atoms. The third-order valence-corrected chi connectivity index (χ3v) is 6.46. The summed E-state index contributed by atoms with van der Waals surface area (Å²) < 4.78 is 118. The van der Waals surface area contributed by atoms with Crippen molar-refractivity contribution in [2.24, 2.45) is 5.92 Å². The number of hydrogen-bond donors (Lipinski definition) is 0. The van der Waals surface area contributed by atoms with Crippen molar-refractivity contribution in [3.8, 4) is 0 Å². The van der Waals surface area contributed by atoms with Gasteiger partial charge in [0.25, 0.3) is 10.1 Å². The van der Waals surface area contributed by atoms with Crippen LogP contribution in [0.25, 0.3) is 0 Å². The summed E-state index contributed by atoms with van der Waals surface area (Å²) in [4.78, 5) is 0. The molecule has 3 rings (SSSR count). The van der Waals surface area contributed by atoms with Crippen LogP contribution in [0.5, 0.6) is 0 Å². The van der Waals surface area contributed by atoms with Crippen LogP contribution in [0, 0.1) is 5.92 Å². The van der Waals surface area contributed by atoms with E-state index < -0.39 is 39.9 Å². The van der Waals surface area contributed by atoms with Crippen LogP contribution in [0.1, 0.15) is 41.0 Å². The molecule has 0 aliphatic carbocycles. The highest BCUT2D eigenvalue weighted by atomic mass is 32.2. The summed E-state index contributed by atoms with van der Waals surface area (Å²) in [5.41, 5.74) is -2.07. The SMILES string of the molecule is CS(=O)(=O)OCCC1CCO[C@H](OCCc2cc(C(F)(F)F)cc(C(F)(F)F)c2)C1c1ccccc1. The Kier molecular flexibility index (Phi) is 9.07. The van der Waals surface area contributed by atoms with Crippen LogP contribution in [0.3, 0.4) is 0 Å². The molecule has 2 aromatic carbocycles. The average molecular weight is 541 g/mol. The van der Waals surface area contributed by atoms with Crippen molar-refractivity contribution < 1.29 is 48.4 Å². The van der Waals surface area contributed by atoms with E-state index in [1.54, 1.807) is 0 Å². The fourth-order valence-corrected chi connectivity index (χ4v) is 4.63. The Morgan fingerprint density at radius 1 is 0.944 bits per heavy atom. The summed E-state index contributed by atoms with van der Waals surface area (Å²) in [5.74, 6) is -0.423. The number of rotatable bonds is 9. The first-order valence-electron chi connectivity index (χ1n) is 11.1. The number of halogens is 6. The van der Waals surface area contributed by atoms with Crippen LogP contribution in [0.2, 0.25) is 0 Å². The summed E-state index contributed by atoms with van der Waals surface area (Å²) in [7, 11) is -3.62. The van der Waals surface area contributed by atoms with E-state index in [4.69, 9.17) is 13.7 Å². The number of hydrogen-bond acceptors (Lipinski definition) is 5. The molecule has 1 aliphatic heterocycles. The van der Waals surface area contributed by atoms with E-state index in [1.165, 1.54) is 0 Å². The van der Waals surface area contributed by atoms with Crippen LogP contribution in [-0.4, -0.2) is 40.8 Å². The van der Waals surface area contributed by atoms with Crippen LogP contribution >= 0.6 is 0 Å². The van der Waals surface area contributed by atoms with Gasteiger partial charge in [0, 0.05) is 5.92 Å². The Hall–Kier alpha value is -2.15. The maximum Gasteiger partial charge on any atom is 0.416 e. The molecule has 1 saturated heterocycles. The fraction of sp³-hybridized carbons (Fsp3) is 0.500. The van der Waals surface area contributed by atoms with Gasteiger partial charge in [0.15, 0.2) is 6.29 Å². The highest BCUT2D eigenvalue weighted by Gasteiger charge is 2.38. The van der Waals surface area contributed by atoms with E-state index in [9.17, 15) is 34.8 Å². The van der Waals surface area contributed by atoms with Gasteiger partial charge in [-0.1, -0.05) is 30.3 Å². The predicted molar refractivity (Wildman–Crippen MR) is 119 cm³/mol. The second-order valence-electron chi connectivity index (χ2n) is 8.57. The minimum Gasteiger partial charge on any atom is -0.352 e. The van der Waals surface area contributed by atoms with Crippen LogP contribution in [0.4, 0.5) is 26.3 Å². The summed E-state index contributed by atoms with van der Waals surface area (Å²) in [6.45, 7) is 0.0719. The smallest absolute Gasteiger partial charge is 0.352 e. The Morgan fingerprint density at radius 3 is 2.11 bits per heavy atom. The number of benzene rings is 2. The van der Waals surface area contributed by atoms with E-state index in [0.717, 1.165) is 11.8 Å². The highest BCUT2D eigenvalue weighted by Crippen LogP contribution is 2.39. The molecule has 0 N–H and O–H groups in total. The molecular formula is C24H26F6O5S. The van der Waals surface area contributed by atoms with E-state index in [2.05, 4.69) is 0 Å². The van der Waals surface area contributed by atoms with Gasteiger partial charge in [0.1, 0.15) is 0 Å². The van der Waals surface area contributed by atoms with Gasteiger partial charge in [0.2, 0.25) is 0 Å². The monoisotopic (exact) mass is 540 g/mol. The molecule has 0 saturated carbocycles. The van der Waals surface area contributed by atoms with E-state index in [1.807, 2.05) is 30.3 Å². The Bertz CT molecular complexity index is 1070. The van der Waals surface area contributed by atoms with Gasteiger partial charge in [-0.25, -0.2) is 0 Å². The first kappa shape index (κ1) is 28.4. The molecule has 1 heterocycles. The normalized spacial score (nSPS) is 21.5. The average Bonchev–Trinajstić information content (AvgIpc) is 2.77. The van der Waals surface area contributed by atoms with Crippen molar-refractivity contribution in [1.29, 1.82) is 0 Å². The van der Waals surface area contributed by atoms with Crippen molar-refractivity contribution in [1.82, 2.24) is 0 Å². The lowest BCUT2D eigenvalue weighted by molar-refractivity contribution is -0.188. The van der Waals surface area contributed by atoms with Crippen molar-refractivity contribution in [3.63, 3.8) is 0 Å². The molecule has 36 heavy (non-hydrogen) atoms. The number of alkyl halides is 6. The lowest BCUT2D eigenvalue weighted by atomic mass is 9.80. The molecular weight excluding hydrogens is 514 g/mol. The van der Waals surface area contributed by atoms with Gasteiger partial charge < -0.3 is 9.47 Å². The lowest BCUT2D eigenvalue weighted by Gasteiger charge is -2.38. The molecule has 5 nitrogen and oxygen atoms in total. The maximum absolute atomic E-state index is 13.1. The summed E-state index contributed by atoms with van der Waals surface area (Å²) in [5, 5.41) is 0. The molecule has 1 aliphatic rings. The zero-order chi connectivity index (χ0) is 26.6. The third kappa shape index (κ3) is 8.19. The van der Waals surface area contributed by atoms with Gasteiger partial charge in [0.05, 0.1) is 37.2 Å². The maximum atomic E-state index is 13.1. The van der Waals surface area contributed by atoms with Crippen molar-refractivity contribution in [3.05, 3.63) is 70.8 Å². The van der Waals surface area contributed by atoms with E-state index in [0.29, 0.717) is 31.6 Å². The van der Waals surface area contributed by atoms with Crippen LogP contribution < -0.4 is 0 Å². The molecule has 2 unspecified atom stereocenters. The Morgan fingerprint density at radius 2 is 1.56 bits per heavy atom. The molecule has 12 heteroatoms. The third-order valence-electron chi connectivity index (χ3n) is 5.86. The second-order valence-corrected chi connectivity index (χ2v) is 10.2. The molecule has 1 fully saturated rings. The van der Waals surface area contributed by atoms with E-state index >= 15 is 0 Å². The quantitative estimate of drug-likeness (QED) is 0.298. The standard InChI is InChI=1S/C24H26F6O5S/c1-36(31,32)35-12-9-18-8-11-34-22(21(18)17-5-3-2-4-6-17)33-10-7-16-13-19(23(25,26)27)15-20(14-16)24(28,29)30/h2-6,13-15,18,21-22H,7-12H2,1H3/t18?,21?,22-/m0/s1. The summed E-state index contributed by atoms with van der Waals surface area (Å²) in [6, 6.07) is 10.6. The van der Waals surface area contributed by atoms with Gasteiger partial charge in [-0.3, -0.25) is 4.18 Å².